The van der Waals surface area contributed by atoms with Gasteiger partial charge in [0.05, 0.1) is 49.7 Å². The van der Waals surface area contributed by atoms with Crippen molar-refractivity contribution in [3.63, 3.8) is 0 Å². The lowest BCUT2D eigenvalue weighted by Gasteiger charge is -2.72. The maximum Gasteiger partial charge on any atom is 0.315 e. The van der Waals surface area contributed by atoms with Crippen LogP contribution in [0.2, 0.25) is 0 Å². The highest BCUT2D eigenvalue weighted by Gasteiger charge is 2.72. The number of aliphatic hydroxyl groups is 16. The van der Waals surface area contributed by atoms with Crippen LogP contribution >= 0.6 is 0 Å². The predicted octanol–water partition coefficient (Wildman–Crippen LogP) is -3.57. The zero-order chi connectivity index (χ0) is 62.9. The minimum absolute atomic E-state index is 0.0627. The Morgan fingerprint density at radius 1 is 0.558 bits per heavy atom. The van der Waals surface area contributed by atoms with Gasteiger partial charge >= 0.3 is 5.97 Å². The van der Waals surface area contributed by atoms with Gasteiger partial charge < -0.3 is 129 Å². The average molecular weight is 1240 g/mol. The molecule has 4 saturated carbocycles. The molecule has 34 atom stereocenters. The molecule has 0 aromatic heterocycles. The molecular weight excluding hydrogens is 1140 g/mol. The van der Waals surface area contributed by atoms with E-state index in [9.17, 15) is 81.7 Å². The lowest BCUT2D eigenvalue weighted by atomic mass is 9.33. The maximum absolute atomic E-state index is 15.2. The molecule has 0 bridgehead atoms. The second-order valence-corrected chi connectivity index (χ2v) is 28.3. The summed E-state index contributed by atoms with van der Waals surface area (Å²) in [7, 11) is 0. The molecule has 27 nitrogen and oxygen atoms in total. The fourth-order valence-corrected chi connectivity index (χ4v) is 17.8. The Morgan fingerprint density at radius 2 is 1.13 bits per heavy atom. The average Bonchev–Trinajstić information content (AvgIpc) is 0.691. The van der Waals surface area contributed by atoms with Crippen LogP contribution in [0.15, 0.2) is 11.6 Å². The van der Waals surface area contributed by atoms with Gasteiger partial charge in [-0.1, -0.05) is 53.2 Å². The molecule has 9 fully saturated rings. The standard InChI is InChI=1S/C59H96O27/c1-23-11-16-59(53(75)86-50-43(73)40(70)37(67)29(82-50)22-78-48-41(71)38(68)35(65)27(19-60)80-48)18-17-56(6)25(47(59)58(23,8)76)9-10-31-55(5)14-13-32(54(3,4)30(55)12-15-57(31,56)7)83-52-46(34(64)26(62)21-77-52)85-51-44(74)45(33(63)24(2)79-51)84-49-42(72)39(69)36(66)28(20-61)81-49/h9,23-24,26-52,60-74,76H,10-22H2,1-8H3. The molecule has 0 amide bonds. The lowest BCUT2D eigenvalue weighted by Crippen LogP contribution is -2.68. The van der Waals surface area contributed by atoms with Crippen LogP contribution in [0, 0.1) is 50.7 Å². The van der Waals surface area contributed by atoms with Gasteiger partial charge in [0.1, 0.15) is 110 Å². The third-order valence-corrected chi connectivity index (χ3v) is 23.5. The predicted molar refractivity (Wildman–Crippen MR) is 289 cm³/mol. The number of hydrogen-bond acceptors (Lipinski definition) is 27. The molecule has 27 heteroatoms. The molecule has 5 heterocycles. The summed E-state index contributed by atoms with van der Waals surface area (Å²) in [4.78, 5) is 15.2. The van der Waals surface area contributed by atoms with Crippen molar-refractivity contribution in [1.29, 1.82) is 0 Å². The van der Waals surface area contributed by atoms with E-state index in [0.29, 0.717) is 44.9 Å². The second-order valence-electron chi connectivity index (χ2n) is 28.3. The van der Waals surface area contributed by atoms with E-state index in [1.54, 1.807) is 6.92 Å². The Labute approximate surface area is 499 Å². The molecule has 10 rings (SSSR count). The fourth-order valence-electron chi connectivity index (χ4n) is 17.8. The second kappa shape index (κ2) is 24.6. The summed E-state index contributed by atoms with van der Waals surface area (Å²) in [6.07, 6.45) is -32.2. The summed E-state index contributed by atoms with van der Waals surface area (Å²) in [5.41, 5.74) is -3.51. The summed E-state index contributed by atoms with van der Waals surface area (Å²) >= 11 is 0. The third kappa shape index (κ3) is 10.9. The van der Waals surface area contributed by atoms with E-state index in [1.807, 2.05) is 6.92 Å². The highest BCUT2D eigenvalue weighted by atomic mass is 16.8. The van der Waals surface area contributed by atoms with Crippen molar-refractivity contribution in [2.75, 3.05) is 26.4 Å². The fraction of sp³-hybridized carbons (Fsp3) is 0.949. The molecule has 5 saturated heterocycles. The van der Waals surface area contributed by atoms with Gasteiger partial charge in [-0.25, -0.2) is 0 Å². The Bertz CT molecular complexity index is 2400. The first-order valence-corrected chi connectivity index (χ1v) is 30.8. The van der Waals surface area contributed by atoms with Gasteiger partial charge in [0.15, 0.2) is 25.2 Å². The van der Waals surface area contributed by atoms with Gasteiger partial charge in [-0.15, -0.1) is 0 Å². The number of esters is 1. The number of rotatable bonds is 13. The van der Waals surface area contributed by atoms with E-state index < -0.39 is 207 Å². The topological polar surface area (TPSA) is 433 Å². The molecule has 86 heavy (non-hydrogen) atoms. The van der Waals surface area contributed by atoms with Gasteiger partial charge in [-0.2, -0.15) is 0 Å². The van der Waals surface area contributed by atoms with Crippen molar-refractivity contribution >= 4 is 5.97 Å². The highest BCUT2D eigenvalue weighted by Crippen LogP contribution is 2.76. The highest BCUT2D eigenvalue weighted by molar-refractivity contribution is 5.79. The monoisotopic (exact) mass is 1240 g/mol. The van der Waals surface area contributed by atoms with Crippen LogP contribution in [0.5, 0.6) is 0 Å². The van der Waals surface area contributed by atoms with Crippen molar-refractivity contribution in [3.8, 4) is 0 Å². The van der Waals surface area contributed by atoms with Crippen molar-refractivity contribution < 1.29 is 134 Å². The number of hydrogen-bond donors (Lipinski definition) is 16. The Hall–Kier alpha value is -1.79. The van der Waals surface area contributed by atoms with Crippen LogP contribution in [-0.4, -0.2) is 273 Å². The van der Waals surface area contributed by atoms with E-state index in [0.717, 1.165) is 18.4 Å². The van der Waals surface area contributed by atoms with E-state index in [2.05, 4.69) is 40.7 Å². The largest absolute Gasteiger partial charge is 0.432 e. The zero-order valence-corrected chi connectivity index (χ0v) is 50.2. The molecule has 16 N–H and O–H groups in total. The SMILES string of the molecule is CC1OC(OC2C(OC3CCC4(C)C(CCC5(C)C4CC=C4C6C(C(=O)OC7OC(COC8OC(CO)C(O)C(O)C8O)C(O)C(O)C7O)(CCC(C)C6(C)O)CCC45C)C3(C)C)OCC(O)C2O)C(O)C(OC2OC(CO)C(O)C(O)C2O)C1O. The van der Waals surface area contributed by atoms with Crippen molar-refractivity contribution in [2.45, 2.75) is 272 Å². The molecule has 0 radical (unpaired) electrons. The number of ether oxygens (including phenoxy) is 10. The summed E-state index contributed by atoms with van der Waals surface area (Å²) in [6.45, 7) is 14.0. The van der Waals surface area contributed by atoms with E-state index in [-0.39, 0.29) is 35.2 Å². The number of allylic oxidation sites excluding steroid dienone is 1. The summed E-state index contributed by atoms with van der Waals surface area (Å²) in [6, 6.07) is 0. The normalized spacial score (nSPS) is 55.6. The van der Waals surface area contributed by atoms with E-state index in [1.165, 1.54) is 6.92 Å². The molecule has 5 aliphatic carbocycles. The summed E-state index contributed by atoms with van der Waals surface area (Å²) in [5, 5.41) is 174. The maximum atomic E-state index is 15.2. The summed E-state index contributed by atoms with van der Waals surface area (Å²) in [5.74, 6) is -1.58. The molecular formula is C59H96O27. The Balaban J connectivity index is 0.851. The van der Waals surface area contributed by atoms with E-state index >= 15 is 4.79 Å². The molecule has 10 aliphatic rings. The van der Waals surface area contributed by atoms with Gasteiger partial charge in [0.2, 0.25) is 6.29 Å². The van der Waals surface area contributed by atoms with Crippen molar-refractivity contribution in [3.05, 3.63) is 11.6 Å². The number of aliphatic hydroxyl groups excluding tert-OH is 15. The van der Waals surface area contributed by atoms with Crippen LogP contribution in [0.25, 0.3) is 0 Å². The first-order chi connectivity index (χ1) is 40.2. The molecule has 0 spiro atoms. The Morgan fingerprint density at radius 3 is 1.77 bits per heavy atom. The molecule has 494 valence electrons. The Kier molecular flexibility index (Phi) is 19.2. The number of fused-ring (bicyclic) bond motifs is 7. The third-order valence-electron chi connectivity index (χ3n) is 23.5. The first-order valence-electron chi connectivity index (χ1n) is 30.8. The van der Waals surface area contributed by atoms with Gasteiger partial charge in [0.25, 0.3) is 0 Å². The molecule has 0 aromatic carbocycles. The molecule has 34 unspecified atom stereocenters. The number of carbonyl (C=O) groups excluding carboxylic acids is 1. The summed E-state index contributed by atoms with van der Waals surface area (Å²) < 4.78 is 59.6. The smallest absolute Gasteiger partial charge is 0.315 e. The molecule has 5 aliphatic heterocycles. The van der Waals surface area contributed by atoms with Crippen molar-refractivity contribution in [2.24, 2.45) is 50.7 Å². The van der Waals surface area contributed by atoms with Gasteiger partial charge in [0, 0.05) is 5.92 Å². The van der Waals surface area contributed by atoms with Crippen molar-refractivity contribution in [1.82, 2.24) is 0 Å². The van der Waals surface area contributed by atoms with Gasteiger partial charge in [-0.3, -0.25) is 4.79 Å². The van der Waals surface area contributed by atoms with Crippen LogP contribution in [0.3, 0.4) is 0 Å². The molecule has 0 aromatic rings. The van der Waals surface area contributed by atoms with Crippen LogP contribution in [0.1, 0.15) is 113 Å². The first kappa shape index (κ1) is 67.1. The quantitative estimate of drug-likeness (QED) is 0.0482. The zero-order valence-electron chi connectivity index (χ0n) is 50.2. The van der Waals surface area contributed by atoms with Crippen LogP contribution in [-0.2, 0) is 52.2 Å². The number of carbonyl (C=O) groups is 1. The van der Waals surface area contributed by atoms with Crippen LogP contribution in [0.4, 0.5) is 0 Å². The lowest BCUT2D eigenvalue weighted by molar-refractivity contribution is -0.382. The van der Waals surface area contributed by atoms with Gasteiger partial charge in [-0.05, 0) is 111 Å². The van der Waals surface area contributed by atoms with E-state index in [4.69, 9.17) is 47.4 Å². The minimum Gasteiger partial charge on any atom is -0.432 e. The minimum atomic E-state index is -1.92. The van der Waals surface area contributed by atoms with Crippen LogP contribution < -0.4 is 0 Å².